The Labute approximate surface area is 170 Å². The van der Waals surface area contributed by atoms with Crippen LogP contribution in [0.4, 0.5) is 5.69 Å². The number of hydrogen-bond donors (Lipinski definition) is 2. The fourth-order valence-electron chi connectivity index (χ4n) is 3.15. The number of nitrogens with zero attached hydrogens (tertiary/aromatic N) is 1. The molecule has 0 aliphatic carbocycles. The van der Waals surface area contributed by atoms with Crippen molar-refractivity contribution in [1.29, 1.82) is 0 Å². The van der Waals surface area contributed by atoms with Gasteiger partial charge in [0.2, 0.25) is 0 Å². The van der Waals surface area contributed by atoms with Gasteiger partial charge in [-0.15, -0.1) is 0 Å². The van der Waals surface area contributed by atoms with E-state index in [9.17, 15) is 0 Å². The third-order valence-electron chi connectivity index (χ3n) is 5.87. The van der Waals surface area contributed by atoms with Gasteiger partial charge in [-0.2, -0.15) is 0 Å². The lowest BCUT2D eigenvalue weighted by Gasteiger charge is -2.37. The summed E-state index contributed by atoms with van der Waals surface area (Å²) in [6.07, 6.45) is 5.74. The number of aromatic nitrogens is 1. The van der Waals surface area contributed by atoms with Gasteiger partial charge in [-0.3, -0.25) is 10.3 Å². The highest BCUT2D eigenvalue weighted by atomic mass is 28.4. The maximum absolute atomic E-state index is 6.64. The highest BCUT2D eigenvalue weighted by molar-refractivity contribution is 6.74. The smallest absolute Gasteiger partial charge is 0.250 e. The molecule has 3 rings (SSSR count). The highest BCUT2D eigenvalue weighted by Gasteiger charge is 2.40. The highest BCUT2D eigenvalue weighted by Crippen LogP contribution is 2.42. The van der Waals surface area contributed by atoms with Crippen LogP contribution in [0.15, 0.2) is 36.7 Å². The van der Waals surface area contributed by atoms with E-state index in [4.69, 9.17) is 9.16 Å². The molecule has 1 aliphatic heterocycles. The van der Waals surface area contributed by atoms with Crippen molar-refractivity contribution in [3.8, 4) is 11.5 Å². The van der Waals surface area contributed by atoms with Crippen LogP contribution < -0.4 is 19.8 Å². The van der Waals surface area contributed by atoms with Crippen LogP contribution in [0.25, 0.3) is 0 Å². The van der Waals surface area contributed by atoms with Gasteiger partial charge in [-0.05, 0) is 72.9 Å². The lowest BCUT2D eigenvalue weighted by Crippen LogP contribution is -2.44. The molecule has 0 bridgehead atoms. The predicted molar refractivity (Wildman–Crippen MR) is 118 cm³/mol. The number of rotatable bonds is 5. The summed E-state index contributed by atoms with van der Waals surface area (Å²) < 4.78 is 12.4. The Morgan fingerprint density at radius 3 is 2.50 bits per heavy atom. The molecule has 0 saturated heterocycles. The molecular weight excluding hydrogens is 366 g/mol. The summed E-state index contributed by atoms with van der Waals surface area (Å²) >= 11 is 0. The molecule has 2 aromatic rings. The molecule has 0 saturated carbocycles. The van der Waals surface area contributed by atoms with E-state index < -0.39 is 8.32 Å². The Morgan fingerprint density at radius 2 is 1.86 bits per heavy atom. The van der Waals surface area contributed by atoms with Gasteiger partial charge in [0, 0.05) is 18.1 Å². The monoisotopic (exact) mass is 399 g/mol. The van der Waals surface area contributed by atoms with Gasteiger partial charge in [-0.25, -0.2) is 0 Å². The van der Waals surface area contributed by atoms with Crippen molar-refractivity contribution in [2.24, 2.45) is 0 Å². The van der Waals surface area contributed by atoms with E-state index in [1.54, 1.807) is 19.5 Å². The van der Waals surface area contributed by atoms with Gasteiger partial charge >= 0.3 is 0 Å². The zero-order valence-corrected chi connectivity index (χ0v) is 18.9. The molecule has 1 atom stereocenters. The average molecular weight is 400 g/mol. The number of ether oxygens (including phenoxy) is 1. The third-order valence-corrected chi connectivity index (χ3v) is 10.2. The van der Waals surface area contributed by atoms with E-state index in [1.165, 1.54) is 11.1 Å². The zero-order valence-electron chi connectivity index (χ0n) is 17.9. The van der Waals surface area contributed by atoms with Crippen LogP contribution in [0.3, 0.4) is 0 Å². The first-order valence-corrected chi connectivity index (χ1v) is 12.9. The quantitative estimate of drug-likeness (QED) is 0.683. The lowest BCUT2D eigenvalue weighted by molar-refractivity contribution is 0.384. The first-order chi connectivity index (χ1) is 13.2. The standard InChI is InChI=1S/C22H33N3O2Si/c1-22(2,3)28(5,6)27-20-15-18-16(14-19(20)26-4)8-7-11-24-21(18)25-17-9-12-23-13-10-17/h9-10,12-15,21,24H,7-8,11H2,1-6H3,(H,23,25). The van der Waals surface area contributed by atoms with Crippen molar-refractivity contribution in [3.05, 3.63) is 47.8 Å². The second-order valence-corrected chi connectivity index (χ2v) is 13.7. The number of fused-ring (bicyclic) bond motifs is 1. The number of pyridine rings is 1. The van der Waals surface area contributed by atoms with Gasteiger partial charge in [0.25, 0.3) is 8.32 Å². The molecule has 0 amide bonds. The summed E-state index contributed by atoms with van der Waals surface area (Å²) in [6, 6.07) is 8.31. The van der Waals surface area contributed by atoms with Crippen LogP contribution >= 0.6 is 0 Å². The molecule has 2 N–H and O–H groups in total. The second-order valence-electron chi connectivity index (χ2n) is 8.94. The van der Waals surface area contributed by atoms with Crippen LogP contribution in [0.5, 0.6) is 11.5 Å². The molecule has 0 radical (unpaired) electrons. The maximum Gasteiger partial charge on any atom is 0.250 e. The summed E-state index contributed by atoms with van der Waals surface area (Å²) in [6.45, 7) is 12.3. The van der Waals surface area contributed by atoms with E-state index in [-0.39, 0.29) is 11.2 Å². The topological polar surface area (TPSA) is 55.4 Å². The van der Waals surface area contributed by atoms with E-state index in [1.807, 2.05) is 12.1 Å². The van der Waals surface area contributed by atoms with Gasteiger partial charge < -0.3 is 14.5 Å². The van der Waals surface area contributed by atoms with Crippen LogP contribution in [-0.2, 0) is 6.42 Å². The van der Waals surface area contributed by atoms with Crippen molar-refractivity contribution in [2.45, 2.75) is 57.9 Å². The van der Waals surface area contributed by atoms with E-state index in [0.717, 1.165) is 36.6 Å². The van der Waals surface area contributed by atoms with E-state index in [2.05, 4.69) is 61.6 Å². The molecule has 1 aliphatic rings. The summed E-state index contributed by atoms with van der Waals surface area (Å²) in [5.41, 5.74) is 3.57. The predicted octanol–water partition coefficient (Wildman–Crippen LogP) is 5.12. The summed E-state index contributed by atoms with van der Waals surface area (Å²) in [5.74, 6) is 1.67. The maximum atomic E-state index is 6.64. The van der Waals surface area contributed by atoms with Crippen molar-refractivity contribution >= 4 is 14.0 Å². The van der Waals surface area contributed by atoms with Gasteiger partial charge in [0.1, 0.15) is 11.9 Å². The van der Waals surface area contributed by atoms with E-state index in [0.29, 0.717) is 0 Å². The fraction of sp³-hybridized carbons (Fsp3) is 0.500. The largest absolute Gasteiger partial charge is 0.541 e. The molecular formula is C22H33N3O2Si. The molecule has 1 aromatic heterocycles. The van der Waals surface area contributed by atoms with Crippen molar-refractivity contribution < 1.29 is 9.16 Å². The zero-order chi connectivity index (χ0) is 20.4. The van der Waals surface area contributed by atoms with Gasteiger partial charge in [0.05, 0.1) is 7.11 Å². The summed E-state index contributed by atoms with van der Waals surface area (Å²) in [7, 11) is -0.252. The number of hydrogen-bond acceptors (Lipinski definition) is 5. The molecule has 5 nitrogen and oxygen atoms in total. The number of anilines is 1. The Bertz CT molecular complexity index is 803. The molecule has 6 heteroatoms. The minimum absolute atomic E-state index is 0.0209. The molecule has 0 spiro atoms. The van der Waals surface area contributed by atoms with Crippen LogP contribution in [0.2, 0.25) is 18.1 Å². The lowest BCUT2D eigenvalue weighted by atomic mass is 10.0. The number of methoxy groups -OCH3 is 1. The molecule has 1 unspecified atom stereocenters. The Hall–Kier alpha value is -2.05. The molecule has 1 aromatic carbocycles. The molecule has 0 fully saturated rings. The van der Waals surface area contributed by atoms with Gasteiger partial charge in [-0.1, -0.05) is 20.8 Å². The Kier molecular flexibility index (Phi) is 6.00. The number of aryl methyl sites for hydroxylation is 1. The third kappa shape index (κ3) is 4.50. The average Bonchev–Trinajstić information content (AvgIpc) is 2.83. The van der Waals surface area contributed by atoms with Crippen LogP contribution in [-0.4, -0.2) is 27.0 Å². The Balaban J connectivity index is 1.99. The molecule has 152 valence electrons. The second kappa shape index (κ2) is 8.13. The summed E-state index contributed by atoms with van der Waals surface area (Å²) in [5, 5.41) is 7.35. The minimum Gasteiger partial charge on any atom is -0.541 e. The minimum atomic E-state index is -1.98. The Morgan fingerprint density at radius 1 is 1.14 bits per heavy atom. The van der Waals surface area contributed by atoms with E-state index >= 15 is 0 Å². The summed E-state index contributed by atoms with van der Waals surface area (Å²) in [4.78, 5) is 4.11. The molecule has 2 heterocycles. The van der Waals surface area contributed by atoms with Crippen molar-refractivity contribution in [3.63, 3.8) is 0 Å². The number of nitrogens with one attached hydrogen (secondary N) is 2. The normalized spacial score (nSPS) is 17.4. The van der Waals surface area contributed by atoms with Crippen LogP contribution in [0, 0.1) is 0 Å². The van der Waals surface area contributed by atoms with Crippen molar-refractivity contribution in [2.75, 3.05) is 19.0 Å². The molecule has 28 heavy (non-hydrogen) atoms. The first-order valence-electron chi connectivity index (χ1n) is 10.0. The SMILES string of the molecule is COc1cc2c(cc1O[Si](C)(C)C(C)(C)C)C(Nc1ccncc1)NCCC2. The van der Waals surface area contributed by atoms with Crippen molar-refractivity contribution in [1.82, 2.24) is 10.3 Å². The van der Waals surface area contributed by atoms with Gasteiger partial charge in [0.15, 0.2) is 5.75 Å². The fourth-order valence-corrected chi connectivity index (χ4v) is 4.16. The van der Waals surface area contributed by atoms with Crippen LogP contribution in [0.1, 0.15) is 44.5 Å². The first kappa shape index (κ1) is 20.7. The number of benzene rings is 1.